The standard InChI is InChI=1S/C12H12N2O3S/c1-2-17-10(15)7-13-11(16)12-14-8-5-3-4-6-9(8)18-12/h3-6H,2,7H2,1H3,(H,13,16). The van der Waals surface area contributed by atoms with Gasteiger partial charge in [0.25, 0.3) is 5.91 Å². The first-order chi connectivity index (χ1) is 8.70. The van der Waals surface area contributed by atoms with Crippen LogP contribution in [0.15, 0.2) is 24.3 Å². The lowest BCUT2D eigenvalue weighted by Crippen LogP contribution is -2.30. The number of benzene rings is 1. The van der Waals surface area contributed by atoms with Crippen molar-refractivity contribution in [3.8, 4) is 0 Å². The molecule has 18 heavy (non-hydrogen) atoms. The number of aromatic nitrogens is 1. The molecule has 6 heteroatoms. The molecular formula is C12H12N2O3S. The fourth-order valence-electron chi connectivity index (χ4n) is 1.41. The monoisotopic (exact) mass is 264 g/mol. The van der Waals surface area contributed by atoms with Crippen LogP contribution in [0.5, 0.6) is 0 Å². The van der Waals surface area contributed by atoms with Gasteiger partial charge in [0.05, 0.1) is 16.8 Å². The summed E-state index contributed by atoms with van der Waals surface area (Å²) >= 11 is 1.30. The van der Waals surface area contributed by atoms with Crippen molar-refractivity contribution in [1.82, 2.24) is 10.3 Å². The maximum atomic E-state index is 11.8. The van der Waals surface area contributed by atoms with Gasteiger partial charge in [-0.05, 0) is 19.1 Å². The second-order valence-electron chi connectivity index (χ2n) is 3.47. The van der Waals surface area contributed by atoms with Gasteiger partial charge in [0.1, 0.15) is 6.54 Å². The molecule has 0 saturated carbocycles. The van der Waals surface area contributed by atoms with Crippen molar-refractivity contribution in [2.45, 2.75) is 6.92 Å². The van der Waals surface area contributed by atoms with E-state index in [1.54, 1.807) is 6.92 Å². The van der Waals surface area contributed by atoms with Crippen LogP contribution in [0.3, 0.4) is 0 Å². The molecular weight excluding hydrogens is 252 g/mol. The highest BCUT2D eigenvalue weighted by Crippen LogP contribution is 2.21. The first kappa shape index (κ1) is 12.5. The summed E-state index contributed by atoms with van der Waals surface area (Å²) in [5.74, 6) is -0.809. The zero-order valence-electron chi connectivity index (χ0n) is 9.80. The van der Waals surface area contributed by atoms with E-state index < -0.39 is 5.97 Å². The molecule has 1 aromatic carbocycles. The number of hydrogen-bond acceptors (Lipinski definition) is 5. The third-order valence-corrected chi connectivity index (χ3v) is 3.22. The quantitative estimate of drug-likeness (QED) is 0.851. The molecule has 2 rings (SSSR count). The second kappa shape index (κ2) is 5.59. The molecule has 0 bridgehead atoms. The van der Waals surface area contributed by atoms with Crippen LogP contribution in [-0.2, 0) is 9.53 Å². The predicted molar refractivity (Wildman–Crippen MR) is 68.6 cm³/mol. The zero-order valence-corrected chi connectivity index (χ0v) is 10.6. The maximum Gasteiger partial charge on any atom is 0.325 e. The van der Waals surface area contributed by atoms with Crippen LogP contribution in [0.25, 0.3) is 10.2 Å². The van der Waals surface area contributed by atoms with Crippen LogP contribution in [-0.4, -0.2) is 30.0 Å². The Bertz CT molecular complexity index is 546. The van der Waals surface area contributed by atoms with Gasteiger partial charge in [0.2, 0.25) is 0 Å². The molecule has 0 fully saturated rings. The van der Waals surface area contributed by atoms with Crippen LogP contribution in [0.4, 0.5) is 0 Å². The number of ether oxygens (including phenoxy) is 1. The van der Waals surface area contributed by atoms with Crippen molar-refractivity contribution in [1.29, 1.82) is 0 Å². The summed E-state index contributed by atoms with van der Waals surface area (Å²) in [7, 11) is 0. The van der Waals surface area contributed by atoms with Crippen molar-refractivity contribution in [3.63, 3.8) is 0 Å². The van der Waals surface area contributed by atoms with Gasteiger partial charge in [-0.2, -0.15) is 0 Å². The number of fused-ring (bicyclic) bond motifs is 1. The van der Waals surface area contributed by atoms with Gasteiger partial charge in [-0.15, -0.1) is 11.3 Å². The molecule has 0 saturated heterocycles. The Hall–Kier alpha value is -1.95. The molecule has 5 nitrogen and oxygen atoms in total. The van der Waals surface area contributed by atoms with Gasteiger partial charge < -0.3 is 10.1 Å². The average Bonchev–Trinajstić information content (AvgIpc) is 2.80. The van der Waals surface area contributed by atoms with Crippen LogP contribution in [0, 0.1) is 0 Å². The number of thiazole rings is 1. The van der Waals surface area contributed by atoms with E-state index in [0.717, 1.165) is 10.2 Å². The lowest BCUT2D eigenvalue weighted by Gasteiger charge is -2.02. The number of amides is 1. The van der Waals surface area contributed by atoms with Gasteiger partial charge in [0, 0.05) is 0 Å². The average molecular weight is 264 g/mol. The van der Waals surface area contributed by atoms with Gasteiger partial charge in [-0.1, -0.05) is 12.1 Å². The Labute approximate surface area is 108 Å². The topological polar surface area (TPSA) is 68.3 Å². The third-order valence-electron chi connectivity index (χ3n) is 2.19. The molecule has 1 aromatic heterocycles. The first-order valence-corrected chi connectivity index (χ1v) is 6.31. The normalized spacial score (nSPS) is 10.3. The van der Waals surface area contributed by atoms with Crippen LogP contribution in [0.1, 0.15) is 16.7 Å². The van der Waals surface area contributed by atoms with Gasteiger partial charge in [0.15, 0.2) is 5.01 Å². The molecule has 0 unspecified atom stereocenters. The number of nitrogens with one attached hydrogen (secondary N) is 1. The minimum atomic E-state index is -0.452. The summed E-state index contributed by atoms with van der Waals surface area (Å²) in [5.41, 5.74) is 0.781. The van der Waals surface area contributed by atoms with Gasteiger partial charge >= 0.3 is 5.97 Å². The summed E-state index contributed by atoms with van der Waals surface area (Å²) < 4.78 is 5.66. The Morgan fingerprint density at radius 1 is 1.39 bits per heavy atom. The molecule has 0 atom stereocenters. The lowest BCUT2D eigenvalue weighted by molar-refractivity contribution is -0.141. The largest absolute Gasteiger partial charge is 0.465 e. The molecule has 0 aliphatic carbocycles. The SMILES string of the molecule is CCOC(=O)CNC(=O)c1nc2ccccc2s1. The highest BCUT2D eigenvalue weighted by atomic mass is 32.1. The summed E-state index contributed by atoms with van der Waals surface area (Å²) in [5, 5.41) is 2.83. The molecule has 1 heterocycles. The van der Waals surface area contributed by atoms with E-state index in [0.29, 0.717) is 11.6 Å². The van der Waals surface area contributed by atoms with Crippen molar-refractivity contribution in [3.05, 3.63) is 29.3 Å². The maximum absolute atomic E-state index is 11.8. The molecule has 0 spiro atoms. The van der Waals surface area contributed by atoms with Crippen molar-refractivity contribution >= 4 is 33.4 Å². The summed E-state index contributed by atoms with van der Waals surface area (Å²) in [4.78, 5) is 27.0. The number of para-hydroxylation sites is 1. The molecule has 1 N–H and O–H groups in total. The fraction of sp³-hybridized carbons (Fsp3) is 0.250. The molecule has 94 valence electrons. The smallest absolute Gasteiger partial charge is 0.325 e. The number of nitrogens with zero attached hydrogens (tertiary/aromatic N) is 1. The molecule has 0 aliphatic rings. The van der Waals surface area contributed by atoms with Crippen molar-refractivity contribution in [2.75, 3.05) is 13.2 Å². The summed E-state index contributed by atoms with van der Waals surface area (Å²) in [6, 6.07) is 7.49. The molecule has 0 radical (unpaired) electrons. The minimum absolute atomic E-state index is 0.136. The van der Waals surface area contributed by atoms with E-state index in [-0.39, 0.29) is 12.5 Å². The lowest BCUT2D eigenvalue weighted by atomic mass is 10.3. The Morgan fingerprint density at radius 3 is 2.89 bits per heavy atom. The van der Waals surface area contributed by atoms with Gasteiger partial charge in [-0.3, -0.25) is 9.59 Å². The Kier molecular flexibility index (Phi) is 3.88. The third kappa shape index (κ3) is 2.84. The van der Waals surface area contributed by atoms with E-state index in [1.165, 1.54) is 11.3 Å². The van der Waals surface area contributed by atoms with Crippen LogP contribution >= 0.6 is 11.3 Å². The number of carbonyl (C=O) groups excluding carboxylic acids is 2. The molecule has 0 aliphatic heterocycles. The van der Waals surface area contributed by atoms with E-state index >= 15 is 0 Å². The van der Waals surface area contributed by atoms with Crippen molar-refractivity contribution < 1.29 is 14.3 Å². The highest BCUT2D eigenvalue weighted by Gasteiger charge is 2.13. The Balaban J connectivity index is 2.02. The van der Waals surface area contributed by atoms with E-state index in [1.807, 2.05) is 24.3 Å². The summed E-state index contributed by atoms with van der Waals surface area (Å²) in [6.07, 6.45) is 0. The number of carbonyl (C=O) groups is 2. The van der Waals surface area contributed by atoms with E-state index in [9.17, 15) is 9.59 Å². The van der Waals surface area contributed by atoms with Gasteiger partial charge in [-0.25, -0.2) is 4.98 Å². The minimum Gasteiger partial charge on any atom is -0.465 e. The number of rotatable bonds is 4. The first-order valence-electron chi connectivity index (χ1n) is 5.50. The highest BCUT2D eigenvalue weighted by molar-refractivity contribution is 7.20. The van der Waals surface area contributed by atoms with Crippen LogP contribution in [0.2, 0.25) is 0 Å². The predicted octanol–water partition coefficient (Wildman–Crippen LogP) is 1.59. The van der Waals surface area contributed by atoms with E-state index in [4.69, 9.17) is 4.74 Å². The summed E-state index contributed by atoms with van der Waals surface area (Å²) in [6.45, 7) is 1.88. The number of esters is 1. The molecule has 1 amide bonds. The van der Waals surface area contributed by atoms with E-state index in [2.05, 4.69) is 10.3 Å². The van der Waals surface area contributed by atoms with Crippen LogP contribution < -0.4 is 5.32 Å². The molecule has 2 aromatic rings. The Morgan fingerprint density at radius 2 is 2.17 bits per heavy atom. The zero-order chi connectivity index (χ0) is 13.0. The fourth-order valence-corrected chi connectivity index (χ4v) is 2.29. The second-order valence-corrected chi connectivity index (χ2v) is 4.51. The van der Waals surface area contributed by atoms with Crippen molar-refractivity contribution in [2.24, 2.45) is 0 Å². The number of hydrogen-bond donors (Lipinski definition) is 1.